The molecule has 0 saturated carbocycles. The molecule has 0 radical (unpaired) electrons. The van der Waals surface area contributed by atoms with Crippen molar-refractivity contribution in [3.63, 3.8) is 0 Å². The van der Waals surface area contributed by atoms with Crippen LogP contribution < -0.4 is 0 Å². The molecule has 0 saturated heterocycles. The maximum absolute atomic E-state index is 12.1. The molecule has 0 rings (SSSR count). The number of nitrogens with zero attached hydrogens (tertiary/aromatic N) is 1. The Bertz CT molecular complexity index is 467. The monoisotopic (exact) mass is 502 g/mol. The van der Waals surface area contributed by atoms with Gasteiger partial charge < -0.3 is 14.0 Å². The molecule has 0 amide bonds. The second-order valence-corrected chi connectivity index (χ2v) is 17.4. The lowest BCUT2D eigenvalue weighted by atomic mass is 10.0. The van der Waals surface area contributed by atoms with Crippen LogP contribution in [0.25, 0.3) is 0 Å². The summed E-state index contributed by atoms with van der Waals surface area (Å²) in [6, 6.07) is 0. The average molecular weight is 503 g/mol. The van der Waals surface area contributed by atoms with Crippen molar-refractivity contribution in [2.24, 2.45) is 0 Å². The van der Waals surface area contributed by atoms with E-state index in [9.17, 15) is 4.79 Å². The molecule has 0 atom stereocenters. The van der Waals surface area contributed by atoms with E-state index in [0.717, 1.165) is 17.4 Å². The number of hydrogen-bond acceptors (Lipinski definition) is 3. The molecule has 0 bridgehead atoms. The summed E-state index contributed by atoms with van der Waals surface area (Å²) in [6.45, 7) is 14.2. The lowest BCUT2D eigenvalue weighted by Gasteiger charge is -2.35. The quantitative estimate of drug-likeness (QED) is 0.109. The van der Waals surface area contributed by atoms with Gasteiger partial charge in [-0.05, 0) is 24.6 Å². The first-order valence-electron chi connectivity index (χ1n) is 14.4. The van der Waals surface area contributed by atoms with Gasteiger partial charge in [-0.25, -0.2) is 0 Å². The van der Waals surface area contributed by atoms with Gasteiger partial charge in [0.05, 0.1) is 27.7 Å². The Hall–Kier alpha value is -0.393. The summed E-state index contributed by atoms with van der Waals surface area (Å²) in [5.41, 5.74) is 0. The van der Waals surface area contributed by atoms with Crippen molar-refractivity contribution in [3.05, 3.63) is 0 Å². The van der Waals surface area contributed by atoms with Gasteiger partial charge in [-0.1, -0.05) is 118 Å². The van der Waals surface area contributed by atoms with Crippen LogP contribution in [-0.2, 0) is 9.22 Å². The fourth-order valence-electron chi connectivity index (χ4n) is 3.43. The first-order chi connectivity index (χ1) is 15.8. The van der Waals surface area contributed by atoms with Gasteiger partial charge in [0.2, 0.25) is 0 Å². The molecule has 0 aromatic heterocycles. The summed E-state index contributed by atoms with van der Waals surface area (Å²) < 4.78 is 6.67. The minimum Gasteiger partial charge on any atom is -0.519 e. The zero-order chi connectivity index (χ0) is 26.5. The largest absolute Gasteiger partial charge is 0.519 e. The second kappa shape index (κ2) is 20.8. The normalized spacial score (nSPS) is 12.3. The van der Waals surface area contributed by atoms with E-state index in [2.05, 4.69) is 61.9 Å². The van der Waals surface area contributed by atoms with Gasteiger partial charge in [0, 0.05) is 6.42 Å². The second-order valence-electron chi connectivity index (χ2n) is 12.7. The average Bonchev–Trinajstić information content (AvgIpc) is 2.69. The summed E-state index contributed by atoms with van der Waals surface area (Å²) in [7, 11) is 4.23. The van der Waals surface area contributed by atoms with Crippen LogP contribution in [0.4, 0.5) is 0 Å². The van der Waals surface area contributed by atoms with Gasteiger partial charge in [0.25, 0.3) is 14.3 Å². The minimum atomic E-state index is -1.93. The van der Waals surface area contributed by atoms with Crippen molar-refractivity contribution in [3.8, 4) is 0 Å². The molecule has 0 heterocycles. The van der Waals surface area contributed by atoms with Crippen molar-refractivity contribution < 1.29 is 18.8 Å². The standard InChI is InChI=1S/C24H50O2Si.C5H14NO/c1-7-8-9-10-11-12-13-14-15-16-17-18-19-20-21-22-23(25)26-27(5,6)24(2,3)4;1-6(2,3)4-5-7/h7-22H2,1-6H3;7H,4-5H2,1-3H3/q;+1. The maximum atomic E-state index is 12.1. The Morgan fingerprint density at radius 1 is 0.735 bits per heavy atom. The molecular weight excluding hydrogens is 438 g/mol. The number of unbranched alkanes of at least 4 members (excludes halogenated alkanes) is 14. The van der Waals surface area contributed by atoms with E-state index in [-0.39, 0.29) is 17.6 Å². The van der Waals surface area contributed by atoms with Crippen LogP contribution in [-0.4, -0.2) is 58.2 Å². The highest BCUT2D eigenvalue weighted by molar-refractivity contribution is 6.75. The topological polar surface area (TPSA) is 46.5 Å². The summed E-state index contributed by atoms with van der Waals surface area (Å²) in [6.07, 6.45) is 20.9. The smallest absolute Gasteiger partial charge is 0.292 e. The SMILES string of the molecule is CCCCCCCCCCCCCCCCCC(=O)O[Si](C)(C)C(C)(C)C.C[N+](C)(C)CCO. The predicted molar refractivity (Wildman–Crippen MR) is 153 cm³/mol. The molecule has 0 aliphatic heterocycles. The Labute approximate surface area is 216 Å². The predicted octanol–water partition coefficient (Wildman–Crippen LogP) is 8.48. The number of quaternary nitrogens is 1. The Morgan fingerprint density at radius 2 is 1.09 bits per heavy atom. The van der Waals surface area contributed by atoms with E-state index in [0.29, 0.717) is 6.42 Å². The highest BCUT2D eigenvalue weighted by atomic mass is 28.4. The van der Waals surface area contributed by atoms with E-state index in [1.54, 1.807) is 0 Å². The molecule has 0 aromatic carbocycles. The molecule has 4 nitrogen and oxygen atoms in total. The number of hydrogen-bond donors (Lipinski definition) is 1. The summed E-state index contributed by atoms with van der Waals surface area (Å²) >= 11 is 0. The van der Waals surface area contributed by atoms with Crippen LogP contribution in [0.15, 0.2) is 0 Å². The molecule has 0 spiro atoms. The zero-order valence-corrected chi connectivity index (χ0v) is 25.9. The Kier molecular flexibility index (Phi) is 21.8. The fourth-order valence-corrected chi connectivity index (χ4v) is 4.41. The molecule has 5 heteroatoms. The number of carbonyl (C=O) groups is 1. The van der Waals surface area contributed by atoms with Crippen LogP contribution in [0.1, 0.15) is 130 Å². The van der Waals surface area contributed by atoms with Crippen molar-refractivity contribution >= 4 is 14.3 Å². The van der Waals surface area contributed by atoms with Crippen molar-refractivity contribution in [2.45, 2.75) is 149 Å². The van der Waals surface area contributed by atoms with Crippen LogP contribution in [0.2, 0.25) is 18.1 Å². The number of rotatable bonds is 19. The lowest BCUT2D eigenvalue weighted by molar-refractivity contribution is -0.870. The molecule has 0 aliphatic rings. The van der Waals surface area contributed by atoms with Gasteiger partial charge in [-0.15, -0.1) is 0 Å². The van der Waals surface area contributed by atoms with E-state index < -0.39 is 8.32 Å². The summed E-state index contributed by atoms with van der Waals surface area (Å²) in [5, 5.41) is 8.50. The molecule has 0 fully saturated rings. The van der Waals surface area contributed by atoms with Crippen LogP contribution >= 0.6 is 0 Å². The Morgan fingerprint density at radius 3 is 1.35 bits per heavy atom. The number of aliphatic hydroxyl groups excluding tert-OH is 1. The number of carbonyl (C=O) groups excluding carboxylic acids is 1. The van der Waals surface area contributed by atoms with Crippen LogP contribution in [0, 0.1) is 0 Å². The minimum absolute atomic E-state index is 0.0243. The highest BCUT2D eigenvalue weighted by Crippen LogP contribution is 2.36. The van der Waals surface area contributed by atoms with Gasteiger partial charge in [-0.2, -0.15) is 0 Å². The van der Waals surface area contributed by atoms with Crippen LogP contribution in [0.5, 0.6) is 0 Å². The third kappa shape index (κ3) is 24.7. The number of aliphatic hydroxyl groups is 1. The van der Waals surface area contributed by atoms with E-state index in [1.807, 2.05) is 0 Å². The molecular formula is C29H64NO3Si+. The highest BCUT2D eigenvalue weighted by Gasteiger charge is 2.40. The molecule has 0 aliphatic carbocycles. The molecule has 1 N–H and O–H groups in total. The van der Waals surface area contributed by atoms with Gasteiger partial charge in [-0.3, -0.25) is 4.79 Å². The molecule has 206 valence electrons. The van der Waals surface area contributed by atoms with Gasteiger partial charge >= 0.3 is 0 Å². The Balaban J connectivity index is 0. The molecule has 0 unspecified atom stereocenters. The lowest BCUT2D eigenvalue weighted by Crippen LogP contribution is -2.42. The van der Waals surface area contributed by atoms with Gasteiger partial charge in [0.1, 0.15) is 6.54 Å². The van der Waals surface area contributed by atoms with Crippen molar-refractivity contribution in [1.82, 2.24) is 0 Å². The third-order valence-corrected chi connectivity index (χ3v) is 11.3. The van der Waals surface area contributed by atoms with E-state index >= 15 is 0 Å². The summed E-state index contributed by atoms with van der Waals surface area (Å²) in [4.78, 5) is 12.1. The van der Waals surface area contributed by atoms with Crippen molar-refractivity contribution in [1.29, 1.82) is 0 Å². The van der Waals surface area contributed by atoms with Crippen LogP contribution in [0.3, 0.4) is 0 Å². The van der Waals surface area contributed by atoms with Gasteiger partial charge in [0.15, 0.2) is 0 Å². The fraction of sp³-hybridized carbons (Fsp3) is 0.966. The zero-order valence-electron chi connectivity index (χ0n) is 24.9. The first kappa shape index (κ1) is 35.8. The van der Waals surface area contributed by atoms with E-state index in [4.69, 9.17) is 9.53 Å². The number of likely N-dealkylation sites (N-methyl/N-ethyl adjacent to an activating group) is 1. The first-order valence-corrected chi connectivity index (χ1v) is 17.3. The molecule has 0 aromatic rings. The maximum Gasteiger partial charge on any atom is 0.292 e. The van der Waals surface area contributed by atoms with E-state index in [1.165, 1.54) is 89.9 Å². The summed E-state index contributed by atoms with van der Waals surface area (Å²) in [5.74, 6) is 0.0243. The van der Waals surface area contributed by atoms with Crippen molar-refractivity contribution in [2.75, 3.05) is 34.3 Å². The third-order valence-electron chi connectivity index (χ3n) is 6.93. The molecule has 34 heavy (non-hydrogen) atoms.